The third-order valence-corrected chi connectivity index (χ3v) is 3.98. The van der Waals surface area contributed by atoms with Crippen molar-refractivity contribution in [2.75, 3.05) is 17.6 Å². The van der Waals surface area contributed by atoms with E-state index in [0.29, 0.717) is 23.7 Å². The molecule has 4 nitrogen and oxygen atoms in total. The number of nitrogen functional groups attached to an aromatic ring is 1. The Kier molecular flexibility index (Phi) is 3.96. The number of nitriles is 1. The first-order chi connectivity index (χ1) is 9.02. The Morgan fingerprint density at radius 3 is 2.79 bits per heavy atom. The van der Waals surface area contributed by atoms with Crippen LogP contribution in [0.5, 0.6) is 0 Å². The largest absolute Gasteiger partial charge is 0.399 e. The molecule has 4 heteroatoms. The summed E-state index contributed by atoms with van der Waals surface area (Å²) in [5.74, 6) is 0.700. The molecular weight excluding hydrogens is 238 g/mol. The Balaban J connectivity index is 2.01. The Bertz CT molecular complexity index is 485. The standard InChI is InChI=1S/C15H21N3O/c1-11-4-6-15(19,7-5-11)10-18-14-3-2-13(17)8-12(14)9-16/h2-3,8,11,18-19H,4-7,10,17H2,1H3. The molecule has 1 aromatic carbocycles. The Hall–Kier alpha value is -1.73. The summed E-state index contributed by atoms with van der Waals surface area (Å²) >= 11 is 0. The van der Waals surface area contributed by atoms with Gasteiger partial charge in [0.2, 0.25) is 0 Å². The summed E-state index contributed by atoms with van der Waals surface area (Å²) in [4.78, 5) is 0. The van der Waals surface area contributed by atoms with E-state index < -0.39 is 5.60 Å². The van der Waals surface area contributed by atoms with Gasteiger partial charge in [-0.05, 0) is 49.8 Å². The van der Waals surface area contributed by atoms with E-state index in [0.717, 1.165) is 31.4 Å². The lowest BCUT2D eigenvalue weighted by molar-refractivity contribution is 0.00501. The lowest BCUT2D eigenvalue weighted by Gasteiger charge is -2.35. The zero-order chi connectivity index (χ0) is 13.9. The van der Waals surface area contributed by atoms with Gasteiger partial charge < -0.3 is 16.2 Å². The SMILES string of the molecule is CC1CCC(O)(CNc2ccc(N)cc2C#N)CC1. The van der Waals surface area contributed by atoms with Crippen molar-refractivity contribution in [2.24, 2.45) is 5.92 Å². The quantitative estimate of drug-likeness (QED) is 0.728. The third-order valence-electron chi connectivity index (χ3n) is 3.98. The highest BCUT2D eigenvalue weighted by Gasteiger charge is 2.31. The average molecular weight is 259 g/mol. The Morgan fingerprint density at radius 2 is 2.16 bits per heavy atom. The van der Waals surface area contributed by atoms with Gasteiger partial charge in [0.05, 0.1) is 16.9 Å². The molecule has 0 bridgehead atoms. The van der Waals surface area contributed by atoms with E-state index in [2.05, 4.69) is 18.3 Å². The van der Waals surface area contributed by atoms with E-state index in [9.17, 15) is 5.11 Å². The molecule has 1 fully saturated rings. The molecule has 19 heavy (non-hydrogen) atoms. The molecule has 4 N–H and O–H groups in total. The van der Waals surface area contributed by atoms with E-state index in [1.165, 1.54) is 0 Å². The molecular formula is C15H21N3O. The number of rotatable bonds is 3. The number of anilines is 2. The van der Waals surface area contributed by atoms with Crippen LogP contribution in [0.4, 0.5) is 11.4 Å². The molecule has 1 aliphatic rings. The van der Waals surface area contributed by atoms with Crippen LogP contribution in [0.2, 0.25) is 0 Å². The maximum atomic E-state index is 10.5. The van der Waals surface area contributed by atoms with Crippen molar-refractivity contribution >= 4 is 11.4 Å². The van der Waals surface area contributed by atoms with Gasteiger partial charge in [-0.1, -0.05) is 6.92 Å². The molecule has 2 rings (SSSR count). The number of nitrogens with one attached hydrogen (secondary N) is 1. The highest BCUT2D eigenvalue weighted by atomic mass is 16.3. The molecule has 102 valence electrons. The molecule has 0 radical (unpaired) electrons. The number of nitrogens with zero attached hydrogens (tertiary/aromatic N) is 1. The minimum Gasteiger partial charge on any atom is -0.399 e. The predicted molar refractivity (Wildman–Crippen MR) is 76.6 cm³/mol. The smallest absolute Gasteiger partial charge is 0.101 e. The summed E-state index contributed by atoms with van der Waals surface area (Å²) in [6.45, 7) is 2.71. The topological polar surface area (TPSA) is 82.1 Å². The number of benzene rings is 1. The number of nitrogens with two attached hydrogens (primary N) is 1. The van der Waals surface area contributed by atoms with Gasteiger partial charge in [0, 0.05) is 12.2 Å². The van der Waals surface area contributed by atoms with Crippen LogP contribution in [0.3, 0.4) is 0 Å². The van der Waals surface area contributed by atoms with Crippen molar-refractivity contribution in [1.29, 1.82) is 5.26 Å². The molecule has 0 atom stereocenters. The summed E-state index contributed by atoms with van der Waals surface area (Å²) in [6, 6.07) is 7.32. The van der Waals surface area contributed by atoms with Crippen molar-refractivity contribution in [3.05, 3.63) is 23.8 Å². The first kappa shape index (κ1) is 13.7. The van der Waals surface area contributed by atoms with E-state index in [1.54, 1.807) is 18.2 Å². The molecule has 1 aliphatic carbocycles. The van der Waals surface area contributed by atoms with E-state index >= 15 is 0 Å². The highest BCUT2D eigenvalue weighted by molar-refractivity contribution is 5.63. The van der Waals surface area contributed by atoms with Gasteiger partial charge in [-0.15, -0.1) is 0 Å². The molecule has 0 saturated heterocycles. The first-order valence-electron chi connectivity index (χ1n) is 6.78. The van der Waals surface area contributed by atoms with Gasteiger partial charge >= 0.3 is 0 Å². The van der Waals surface area contributed by atoms with Crippen molar-refractivity contribution < 1.29 is 5.11 Å². The highest BCUT2D eigenvalue weighted by Crippen LogP contribution is 2.32. The zero-order valence-electron chi connectivity index (χ0n) is 11.3. The van der Waals surface area contributed by atoms with Crippen LogP contribution in [0, 0.1) is 17.2 Å². The average Bonchev–Trinajstić information content (AvgIpc) is 2.41. The third kappa shape index (κ3) is 3.39. The minimum absolute atomic E-state index is 0.484. The maximum Gasteiger partial charge on any atom is 0.101 e. The molecule has 0 aliphatic heterocycles. The fourth-order valence-corrected chi connectivity index (χ4v) is 2.54. The van der Waals surface area contributed by atoms with Crippen LogP contribution in [-0.4, -0.2) is 17.3 Å². The fourth-order valence-electron chi connectivity index (χ4n) is 2.54. The minimum atomic E-state index is -0.652. The molecule has 1 saturated carbocycles. The molecule has 0 amide bonds. The lowest BCUT2D eigenvalue weighted by atomic mass is 9.79. The van der Waals surface area contributed by atoms with E-state index in [1.807, 2.05) is 0 Å². The van der Waals surface area contributed by atoms with Gasteiger partial charge in [0.15, 0.2) is 0 Å². The van der Waals surface area contributed by atoms with Crippen LogP contribution >= 0.6 is 0 Å². The maximum absolute atomic E-state index is 10.5. The normalized spacial score (nSPS) is 26.7. The zero-order valence-corrected chi connectivity index (χ0v) is 11.3. The van der Waals surface area contributed by atoms with Gasteiger partial charge in [-0.2, -0.15) is 5.26 Å². The van der Waals surface area contributed by atoms with Gasteiger partial charge in [-0.25, -0.2) is 0 Å². The number of hydrogen-bond acceptors (Lipinski definition) is 4. The number of hydrogen-bond donors (Lipinski definition) is 3. The van der Waals surface area contributed by atoms with Crippen molar-refractivity contribution in [3.63, 3.8) is 0 Å². The van der Waals surface area contributed by atoms with Crippen LogP contribution in [0.1, 0.15) is 38.2 Å². The Labute approximate surface area is 114 Å². The number of aliphatic hydroxyl groups is 1. The monoisotopic (exact) mass is 259 g/mol. The summed E-state index contributed by atoms with van der Waals surface area (Å²) < 4.78 is 0. The Morgan fingerprint density at radius 1 is 1.47 bits per heavy atom. The second-order valence-corrected chi connectivity index (χ2v) is 5.68. The van der Waals surface area contributed by atoms with Gasteiger partial charge in [0.1, 0.15) is 6.07 Å². The van der Waals surface area contributed by atoms with Crippen LogP contribution in [0.15, 0.2) is 18.2 Å². The molecule has 1 aromatic rings. The molecule has 0 aromatic heterocycles. The molecule has 0 unspecified atom stereocenters. The summed E-state index contributed by atoms with van der Waals surface area (Å²) in [5.41, 5.74) is 6.84. The van der Waals surface area contributed by atoms with E-state index in [4.69, 9.17) is 11.0 Å². The second-order valence-electron chi connectivity index (χ2n) is 5.68. The van der Waals surface area contributed by atoms with Crippen molar-refractivity contribution in [1.82, 2.24) is 0 Å². The van der Waals surface area contributed by atoms with Crippen LogP contribution < -0.4 is 11.1 Å². The summed E-state index contributed by atoms with van der Waals surface area (Å²) in [7, 11) is 0. The molecule has 0 heterocycles. The second kappa shape index (κ2) is 5.50. The van der Waals surface area contributed by atoms with Crippen molar-refractivity contribution in [2.45, 2.75) is 38.2 Å². The molecule has 0 spiro atoms. The van der Waals surface area contributed by atoms with Gasteiger partial charge in [0.25, 0.3) is 0 Å². The fraction of sp³-hybridized carbons (Fsp3) is 0.533. The first-order valence-corrected chi connectivity index (χ1v) is 6.78. The van der Waals surface area contributed by atoms with Crippen molar-refractivity contribution in [3.8, 4) is 6.07 Å². The van der Waals surface area contributed by atoms with Gasteiger partial charge in [-0.3, -0.25) is 0 Å². The summed E-state index contributed by atoms with van der Waals surface area (Å²) in [6.07, 6.45) is 3.76. The van der Waals surface area contributed by atoms with Crippen LogP contribution in [0.25, 0.3) is 0 Å². The van der Waals surface area contributed by atoms with Crippen LogP contribution in [-0.2, 0) is 0 Å². The lowest BCUT2D eigenvalue weighted by Crippen LogP contribution is -2.40. The summed E-state index contributed by atoms with van der Waals surface area (Å²) in [5, 5.41) is 22.8. The van der Waals surface area contributed by atoms with E-state index in [-0.39, 0.29) is 0 Å². The predicted octanol–water partition coefficient (Wildman–Crippen LogP) is 2.49.